The van der Waals surface area contributed by atoms with Crippen molar-refractivity contribution in [2.24, 2.45) is 0 Å². The van der Waals surface area contributed by atoms with Crippen LogP contribution in [0, 0.1) is 18.8 Å². The van der Waals surface area contributed by atoms with Crippen molar-refractivity contribution in [3.05, 3.63) is 88.9 Å². The first kappa shape index (κ1) is 31.2. The van der Waals surface area contributed by atoms with Gasteiger partial charge in [-0.3, -0.25) is 14.4 Å². The first-order valence-electron chi connectivity index (χ1n) is 15.7. The number of hydrogen-bond donors (Lipinski definition) is 2. The molecule has 11 nitrogen and oxygen atoms in total. The van der Waals surface area contributed by atoms with Crippen LogP contribution in [0.2, 0.25) is 0 Å². The third-order valence-corrected chi connectivity index (χ3v) is 8.41. The molecule has 4 heterocycles. The van der Waals surface area contributed by atoms with Crippen LogP contribution in [0.4, 0.5) is 17.3 Å². The lowest BCUT2D eigenvalue weighted by molar-refractivity contribution is 0.0659. The molecule has 11 heteroatoms. The molecular formula is C35H40N8O3. The van der Waals surface area contributed by atoms with E-state index in [1.165, 1.54) is 5.56 Å². The molecule has 0 saturated carbocycles. The minimum Gasteiger partial charge on any atom is -0.478 e. The van der Waals surface area contributed by atoms with Gasteiger partial charge in [0, 0.05) is 75.1 Å². The van der Waals surface area contributed by atoms with Crippen molar-refractivity contribution in [2.45, 2.75) is 32.4 Å². The molecule has 2 aliphatic heterocycles. The van der Waals surface area contributed by atoms with Gasteiger partial charge in [-0.05, 0) is 62.2 Å². The molecule has 2 aromatic carbocycles. The molecule has 2 saturated heterocycles. The van der Waals surface area contributed by atoms with Gasteiger partial charge >= 0.3 is 0 Å². The predicted molar refractivity (Wildman–Crippen MR) is 178 cm³/mol. The molecule has 2 N–H and O–H groups in total. The summed E-state index contributed by atoms with van der Waals surface area (Å²) < 4.78 is 12.9. The first-order chi connectivity index (χ1) is 22.4. The van der Waals surface area contributed by atoms with E-state index in [1.807, 2.05) is 48.1 Å². The van der Waals surface area contributed by atoms with Crippen LogP contribution in [0.1, 0.15) is 51.5 Å². The number of benzene rings is 2. The van der Waals surface area contributed by atoms with Crippen molar-refractivity contribution in [2.75, 3.05) is 64.2 Å². The summed E-state index contributed by atoms with van der Waals surface area (Å²) in [5.41, 5.74) is 5.64. The van der Waals surface area contributed by atoms with Gasteiger partial charge in [-0.15, -0.1) is 5.10 Å². The molecule has 0 radical (unpaired) electrons. The fourth-order valence-electron chi connectivity index (χ4n) is 5.52. The van der Waals surface area contributed by atoms with Crippen molar-refractivity contribution in [3.8, 4) is 17.7 Å². The highest BCUT2D eigenvalue weighted by molar-refractivity contribution is 6.04. The Morgan fingerprint density at radius 3 is 2.48 bits per heavy atom. The number of likely N-dealkylation sites (N-methyl/N-ethyl adjacent to an activating group) is 1. The second-order valence-corrected chi connectivity index (χ2v) is 11.8. The van der Waals surface area contributed by atoms with E-state index < -0.39 is 0 Å². The van der Waals surface area contributed by atoms with Crippen LogP contribution in [-0.4, -0.2) is 89.0 Å². The fraction of sp³-hybridized carbons (Fsp3) is 0.371. The molecule has 6 rings (SSSR count). The Kier molecular flexibility index (Phi) is 9.88. The fourth-order valence-corrected chi connectivity index (χ4v) is 5.52. The van der Waals surface area contributed by atoms with Crippen molar-refractivity contribution >= 4 is 23.2 Å². The van der Waals surface area contributed by atoms with Crippen LogP contribution >= 0.6 is 0 Å². The number of hydrogen-bond acceptors (Lipinski definition) is 9. The van der Waals surface area contributed by atoms with Crippen LogP contribution in [0.3, 0.4) is 0 Å². The molecule has 238 valence electrons. The molecule has 2 aromatic heterocycles. The Hall–Kier alpha value is -4.76. The van der Waals surface area contributed by atoms with E-state index in [0.717, 1.165) is 75.6 Å². The largest absolute Gasteiger partial charge is 0.478 e. The SMILES string of the molecule is COc1nn(C2CCOCC2)cc1Nc1ncc(C#Cc2cc(C(=O)Nc3ccc(CN4CCN(C)CC4)cc3)ccc2C)cn1. The van der Waals surface area contributed by atoms with Crippen LogP contribution in [0.15, 0.2) is 61.1 Å². The molecule has 0 atom stereocenters. The number of nitrogens with one attached hydrogen (secondary N) is 2. The molecule has 46 heavy (non-hydrogen) atoms. The minimum atomic E-state index is -0.177. The number of amides is 1. The van der Waals surface area contributed by atoms with E-state index in [0.29, 0.717) is 28.6 Å². The maximum Gasteiger partial charge on any atom is 0.256 e. The normalized spacial score (nSPS) is 16.0. The molecule has 0 bridgehead atoms. The van der Waals surface area contributed by atoms with E-state index in [1.54, 1.807) is 19.5 Å². The molecule has 0 unspecified atom stereocenters. The Balaban J connectivity index is 1.07. The zero-order valence-electron chi connectivity index (χ0n) is 26.6. The lowest BCUT2D eigenvalue weighted by atomic mass is 10.0. The first-order valence-corrected chi connectivity index (χ1v) is 15.7. The van der Waals surface area contributed by atoms with E-state index in [2.05, 4.69) is 66.5 Å². The predicted octanol–water partition coefficient (Wildman–Crippen LogP) is 4.48. The molecule has 4 aromatic rings. The zero-order chi connectivity index (χ0) is 31.9. The third kappa shape index (κ3) is 7.90. The molecule has 2 fully saturated rings. The standard InChI is InChI=1S/C35H40N8O3/c1-25-4-8-29(33(44)38-30-10-6-26(7-11-30)23-42-16-14-41(2)15-17-42)20-28(25)9-5-27-21-36-35(37-22-27)39-32-24-43(40-34(32)45-3)31-12-18-46-19-13-31/h4,6-8,10-11,20-22,24,31H,12-19,23H2,1-3H3,(H,38,44)(H,36,37,39). The number of carbonyl (C=O) groups is 1. The molecule has 1 amide bonds. The third-order valence-electron chi connectivity index (χ3n) is 8.41. The average molecular weight is 621 g/mol. The van der Waals surface area contributed by atoms with Crippen LogP contribution in [0.25, 0.3) is 0 Å². The van der Waals surface area contributed by atoms with Crippen molar-refractivity contribution < 1.29 is 14.3 Å². The van der Waals surface area contributed by atoms with Gasteiger partial charge in [0.15, 0.2) is 0 Å². The Morgan fingerprint density at radius 1 is 1.02 bits per heavy atom. The summed E-state index contributed by atoms with van der Waals surface area (Å²) in [6, 6.07) is 13.9. The average Bonchev–Trinajstić information content (AvgIpc) is 3.50. The van der Waals surface area contributed by atoms with E-state index >= 15 is 0 Å². The summed E-state index contributed by atoms with van der Waals surface area (Å²) in [5, 5.41) is 10.8. The Morgan fingerprint density at radius 2 is 1.76 bits per heavy atom. The Bertz CT molecular complexity index is 1690. The van der Waals surface area contributed by atoms with Crippen molar-refractivity contribution in [1.29, 1.82) is 0 Å². The molecule has 0 spiro atoms. The second kappa shape index (κ2) is 14.6. The van der Waals surface area contributed by atoms with Gasteiger partial charge in [-0.2, -0.15) is 0 Å². The monoisotopic (exact) mass is 620 g/mol. The van der Waals surface area contributed by atoms with Gasteiger partial charge in [-0.25, -0.2) is 9.97 Å². The number of carbonyl (C=O) groups excluding carboxylic acids is 1. The highest BCUT2D eigenvalue weighted by atomic mass is 16.5. The highest BCUT2D eigenvalue weighted by Crippen LogP contribution is 2.29. The van der Waals surface area contributed by atoms with Crippen molar-refractivity contribution in [1.82, 2.24) is 29.5 Å². The number of methoxy groups -OCH3 is 1. The quantitative estimate of drug-likeness (QED) is 0.276. The lowest BCUT2D eigenvalue weighted by Crippen LogP contribution is -2.43. The second-order valence-electron chi connectivity index (χ2n) is 11.8. The number of anilines is 3. The summed E-state index contributed by atoms with van der Waals surface area (Å²) in [6.07, 6.45) is 7.07. The van der Waals surface area contributed by atoms with Gasteiger partial charge < -0.3 is 25.0 Å². The van der Waals surface area contributed by atoms with Crippen LogP contribution < -0.4 is 15.4 Å². The van der Waals surface area contributed by atoms with E-state index in [4.69, 9.17) is 9.47 Å². The number of ether oxygens (including phenoxy) is 2. The summed E-state index contributed by atoms with van der Waals surface area (Å²) >= 11 is 0. The van der Waals surface area contributed by atoms with Gasteiger partial charge in [0.1, 0.15) is 5.69 Å². The van der Waals surface area contributed by atoms with Gasteiger partial charge in [0.25, 0.3) is 11.8 Å². The number of nitrogens with zero attached hydrogens (tertiary/aromatic N) is 6. The van der Waals surface area contributed by atoms with Crippen LogP contribution in [-0.2, 0) is 11.3 Å². The van der Waals surface area contributed by atoms with E-state index in [-0.39, 0.29) is 11.9 Å². The van der Waals surface area contributed by atoms with Gasteiger partial charge in [0.2, 0.25) is 5.95 Å². The minimum absolute atomic E-state index is 0.177. The number of piperazine rings is 1. The maximum atomic E-state index is 13.1. The zero-order valence-corrected chi connectivity index (χ0v) is 26.6. The summed E-state index contributed by atoms with van der Waals surface area (Å²) in [7, 11) is 3.75. The summed E-state index contributed by atoms with van der Waals surface area (Å²) in [4.78, 5) is 26.8. The van der Waals surface area contributed by atoms with Crippen LogP contribution in [0.5, 0.6) is 5.88 Å². The number of rotatable bonds is 8. The number of aryl methyl sites for hydroxylation is 1. The van der Waals surface area contributed by atoms with Gasteiger partial charge in [0.05, 0.1) is 24.9 Å². The number of aromatic nitrogens is 4. The van der Waals surface area contributed by atoms with Gasteiger partial charge in [-0.1, -0.05) is 30.0 Å². The molecule has 2 aliphatic rings. The molecule has 0 aliphatic carbocycles. The van der Waals surface area contributed by atoms with E-state index in [9.17, 15) is 4.79 Å². The Labute approximate surface area is 269 Å². The highest BCUT2D eigenvalue weighted by Gasteiger charge is 2.20. The van der Waals surface area contributed by atoms with Crippen molar-refractivity contribution in [3.63, 3.8) is 0 Å². The smallest absolute Gasteiger partial charge is 0.256 e. The summed E-state index contributed by atoms with van der Waals surface area (Å²) in [6.45, 7) is 8.68. The summed E-state index contributed by atoms with van der Waals surface area (Å²) in [5.74, 6) is 7.03. The lowest BCUT2D eigenvalue weighted by Gasteiger charge is -2.32. The maximum absolute atomic E-state index is 13.1. The topological polar surface area (TPSA) is 110 Å². The molecular weight excluding hydrogens is 580 g/mol.